The van der Waals surface area contributed by atoms with E-state index in [1.54, 1.807) is 6.07 Å². The molecule has 1 fully saturated rings. The zero-order valence-corrected chi connectivity index (χ0v) is 19.2. The molecule has 1 amide bonds. The van der Waals surface area contributed by atoms with Crippen LogP contribution in [0.2, 0.25) is 0 Å². The first-order valence-corrected chi connectivity index (χ1v) is 11.4. The van der Waals surface area contributed by atoms with Gasteiger partial charge in [0, 0.05) is 17.6 Å². The first-order valence-electron chi connectivity index (χ1n) is 11.4. The Morgan fingerprint density at radius 1 is 1.12 bits per heavy atom. The van der Waals surface area contributed by atoms with Gasteiger partial charge in [-0.1, -0.05) is 37.3 Å². The number of carbonyl (C=O) groups excluding carboxylic acids is 1. The summed E-state index contributed by atoms with van der Waals surface area (Å²) in [6.07, 6.45) is 3.53. The Morgan fingerprint density at radius 3 is 2.56 bits per heavy atom. The molecule has 0 radical (unpaired) electrons. The van der Waals surface area contributed by atoms with Crippen LogP contribution in [0, 0.1) is 18.8 Å². The second kappa shape index (κ2) is 9.65. The van der Waals surface area contributed by atoms with Crippen LogP contribution in [0.4, 0.5) is 5.69 Å². The fraction of sp³-hybridized carbons (Fsp3) is 0.423. The molecular formula is C26H32N4O2. The summed E-state index contributed by atoms with van der Waals surface area (Å²) in [6, 6.07) is 15.4. The number of nitrogens with one attached hydrogen (secondary N) is 1. The Morgan fingerprint density at radius 2 is 1.84 bits per heavy atom. The molecule has 1 N–H and O–H groups in total. The lowest BCUT2D eigenvalue weighted by Gasteiger charge is -2.34. The van der Waals surface area contributed by atoms with E-state index in [2.05, 4.69) is 41.4 Å². The highest BCUT2D eigenvalue weighted by Gasteiger charge is 2.23. The Bertz CT molecular complexity index is 1150. The number of hydrogen-bond donors (Lipinski definition) is 1. The fourth-order valence-electron chi connectivity index (χ4n) is 4.79. The summed E-state index contributed by atoms with van der Waals surface area (Å²) in [5.74, 6) is 1.26. The van der Waals surface area contributed by atoms with E-state index < -0.39 is 0 Å². The van der Waals surface area contributed by atoms with E-state index in [1.165, 1.54) is 36.2 Å². The Kier molecular flexibility index (Phi) is 6.70. The SMILES string of the molecule is Cc1nn(CC(=O)Nc2ccc(CCC3CCN(C)CC3C)cc2)c(=O)c2ccccc12. The zero-order valence-electron chi connectivity index (χ0n) is 19.2. The van der Waals surface area contributed by atoms with Crippen molar-refractivity contribution in [2.75, 3.05) is 25.5 Å². The van der Waals surface area contributed by atoms with Crippen molar-refractivity contribution < 1.29 is 4.79 Å². The summed E-state index contributed by atoms with van der Waals surface area (Å²) in [5, 5.41) is 8.60. The van der Waals surface area contributed by atoms with Crippen LogP contribution in [0.3, 0.4) is 0 Å². The van der Waals surface area contributed by atoms with Crippen LogP contribution in [0.15, 0.2) is 53.3 Å². The van der Waals surface area contributed by atoms with Gasteiger partial charge in [0.2, 0.25) is 5.91 Å². The maximum atomic E-state index is 12.7. The van der Waals surface area contributed by atoms with Crippen molar-refractivity contribution in [3.63, 3.8) is 0 Å². The Labute approximate surface area is 189 Å². The molecule has 0 spiro atoms. The number of hydrogen-bond acceptors (Lipinski definition) is 4. The summed E-state index contributed by atoms with van der Waals surface area (Å²) in [4.78, 5) is 27.6. The number of rotatable bonds is 6. The molecule has 2 heterocycles. The Balaban J connectivity index is 1.35. The van der Waals surface area contributed by atoms with Crippen LogP contribution in [0.1, 0.15) is 31.0 Å². The molecule has 1 aromatic heterocycles. The minimum atomic E-state index is -0.262. The molecule has 0 aliphatic carbocycles. The van der Waals surface area contributed by atoms with Crippen molar-refractivity contribution in [3.05, 3.63) is 70.1 Å². The number of anilines is 1. The number of amides is 1. The van der Waals surface area contributed by atoms with Crippen molar-refractivity contribution in [2.45, 2.75) is 39.7 Å². The topological polar surface area (TPSA) is 67.2 Å². The summed E-state index contributed by atoms with van der Waals surface area (Å²) in [7, 11) is 2.20. The average molecular weight is 433 g/mol. The standard InChI is InChI=1S/C26H32N4O2/c1-18-16-29(3)15-14-21(18)11-8-20-9-12-22(13-10-20)27-25(31)17-30-26(32)24-7-5-4-6-23(24)19(2)28-30/h4-7,9-10,12-13,18,21H,8,11,14-17H2,1-3H3,(H,27,31). The Hall–Kier alpha value is -2.99. The lowest BCUT2D eigenvalue weighted by atomic mass is 9.83. The van der Waals surface area contributed by atoms with E-state index in [9.17, 15) is 9.59 Å². The highest BCUT2D eigenvalue weighted by Crippen LogP contribution is 2.27. The first kappa shape index (κ1) is 22.2. The second-order valence-electron chi connectivity index (χ2n) is 9.17. The van der Waals surface area contributed by atoms with Crippen LogP contribution in [0.5, 0.6) is 0 Å². The van der Waals surface area contributed by atoms with E-state index in [1.807, 2.05) is 37.3 Å². The van der Waals surface area contributed by atoms with Crippen molar-refractivity contribution in [2.24, 2.45) is 11.8 Å². The molecular weight excluding hydrogens is 400 g/mol. The molecule has 4 rings (SSSR count). The maximum absolute atomic E-state index is 12.7. The lowest BCUT2D eigenvalue weighted by molar-refractivity contribution is -0.117. The van der Waals surface area contributed by atoms with Gasteiger partial charge in [0.05, 0.1) is 11.1 Å². The van der Waals surface area contributed by atoms with E-state index in [0.29, 0.717) is 5.39 Å². The van der Waals surface area contributed by atoms with Crippen LogP contribution < -0.4 is 10.9 Å². The molecule has 2 aromatic carbocycles. The summed E-state index contributed by atoms with van der Waals surface area (Å²) in [6.45, 7) is 6.47. The molecule has 1 aliphatic heterocycles. The summed E-state index contributed by atoms with van der Waals surface area (Å²) < 4.78 is 1.24. The molecule has 0 bridgehead atoms. The summed E-state index contributed by atoms with van der Waals surface area (Å²) in [5.41, 5.74) is 2.50. The number of nitrogens with zero attached hydrogens (tertiary/aromatic N) is 3. The van der Waals surface area contributed by atoms with Gasteiger partial charge < -0.3 is 10.2 Å². The molecule has 32 heavy (non-hydrogen) atoms. The van der Waals surface area contributed by atoms with Gasteiger partial charge in [0.1, 0.15) is 6.54 Å². The molecule has 1 aliphatic rings. The highest BCUT2D eigenvalue weighted by atomic mass is 16.2. The van der Waals surface area contributed by atoms with Gasteiger partial charge in [-0.05, 0) is 75.4 Å². The zero-order chi connectivity index (χ0) is 22.7. The van der Waals surface area contributed by atoms with Gasteiger partial charge in [-0.2, -0.15) is 5.10 Å². The largest absolute Gasteiger partial charge is 0.324 e. The average Bonchev–Trinajstić information content (AvgIpc) is 2.78. The molecule has 6 nitrogen and oxygen atoms in total. The normalized spacial score (nSPS) is 19.2. The van der Waals surface area contributed by atoms with Crippen molar-refractivity contribution >= 4 is 22.4 Å². The van der Waals surface area contributed by atoms with E-state index in [0.717, 1.165) is 35.0 Å². The predicted octanol–water partition coefficient (Wildman–Crippen LogP) is 3.86. The molecule has 168 valence electrons. The molecule has 2 unspecified atom stereocenters. The van der Waals surface area contributed by atoms with Crippen molar-refractivity contribution in [1.29, 1.82) is 0 Å². The number of aromatic nitrogens is 2. The van der Waals surface area contributed by atoms with Gasteiger partial charge in [0.15, 0.2) is 0 Å². The third-order valence-corrected chi connectivity index (χ3v) is 6.67. The third kappa shape index (κ3) is 5.07. The third-order valence-electron chi connectivity index (χ3n) is 6.67. The van der Waals surface area contributed by atoms with Crippen LogP contribution in [0.25, 0.3) is 10.8 Å². The number of piperidine rings is 1. The van der Waals surface area contributed by atoms with Crippen molar-refractivity contribution in [3.8, 4) is 0 Å². The number of fused-ring (bicyclic) bond motifs is 1. The molecule has 1 saturated heterocycles. The number of carbonyl (C=O) groups is 1. The van der Waals surface area contributed by atoms with Crippen molar-refractivity contribution in [1.82, 2.24) is 14.7 Å². The van der Waals surface area contributed by atoms with Crippen LogP contribution in [-0.4, -0.2) is 40.7 Å². The fourth-order valence-corrected chi connectivity index (χ4v) is 4.79. The van der Waals surface area contributed by atoms with Gasteiger partial charge in [-0.25, -0.2) is 4.68 Å². The number of likely N-dealkylation sites (tertiary alicyclic amines) is 1. The highest BCUT2D eigenvalue weighted by molar-refractivity contribution is 5.91. The van der Waals surface area contributed by atoms with Gasteiger partial charge in [-0.3, -0.25) is 9.59 Å². The quantitative estimate of drug-likeness (QED) is 0.642. The predicted molar refractivity (Wildman–Crippen MR) is 129 cm³/mol. The van der Waals surface area contributed by atoms with Crippen LogP contribution in [-0.2, 0) is 17.8 Å². The molecule has 3 aromatic rings. The first-order chi connectivity index (χ1) is 15.4. The monoisotopic (exact) mass is 432 g/mol. The maximum Gasteiger partial charge on any atom is 0.275 e. The second-order valence-corrected chi connectivity index (χ2v) is 9.17. The lowest BCUT2D eigenvalue weighted by Crippen LogP contribution is -2.36. The van der Waals surface area contributed by atoms with Gasteiger partial charge >= 0.3 is 0 Å². The molecule has 0 saturated carbocycles. The number of benzene rings is 2. The minimum Gasteiger partial charge on any atom is -0.324 e. The summed E-state index contributed by atoms with van der Waals surface area (Å²) >= 11 is 0. The van der Waals surface area contributed by atoms with E-state index >= 15 is 0 Å². The van der Waals surface area contributed by atoms with Crippen LogP contribution >= 0.6 is 0 Å². The van der Waals surface area contributed by atoms with E-state index in [4.69, 9.17) is 0 Å². The van der Waals surface area contributed by atoms with Gasteiger partial charge in [0.25, 0.3) is 5.56 Å². The smallest absolute Gasteiger partial charge is 0.275 e. The minimum absolute atomic E-state index is 0.111. The molecule has 2 atom stereocenters. The molecule has 6 heteroatoms. The number of aryl methyl sites for hydroxylation is 2. The van der Waals surface area contributed by atoms with E-state index in [-0.39, 0.29) is 18.0 Å². The van der Waals surface area contributed by atoms with Gasteiger partial charge in [-0.15, -0.1) is 0 Å².